The Morgan fingerprint density at radius 2 is 2.42 bits per heavy atom. The lowest BCUT2D eigenvalue weighted by Gasteiger charge is -1.95. The zero-order valence-corrected chi connectivity index (χ0v) is 6.47. The number of hydrogen-bond acceptors (Lipinski definition) is 2. The van der Waals surface area contributed by atoms with Crippen molar-refractivity contribution in [1.82, 2.24) is 9.61 Å². The number of rotatable bonds is 2. The molecule has 0 aliphatic carbocycles. The Labute approximate surface area is 69.6 Å². The summed E-state index contributed by atoms with van der Waals surface area (Å²) in [5, 5.41) is 4.05. The fourth-order valence-corrected chi connectivity index (χ4v) is 1.19. The summed E-state index contributed by atoms with van der Waals surface area (Å²) in [6.07, 6.45) is 4.97. The first-order chi connectivity index (χ1) is 5.90. The van der Waals surface area contributed by atoms with E-state index in [1.807, 2.05) is 24.4 Å². The average molecular weight is 160 g/mol. The smallest absolute Gasteiger partial charge is 0.124 e. The number of carbonyl (C=O) groups is 1. The highest BCUT2D eigenvalue weighted by Crippen LogP contribution is 2.05. The summed E-state index contributed by atoms with van der Waals surface area (Å²) in [5.74, 6) is 0. The minimum atomic E-state index is 0.474. The van der Waals surface area contributed by atoms with Crippen molar-refractivity contribution in [3.8, 4) is 0 Å². The van der Waals surface area contributed by atoms with Gasteiger partial charge in [0.1, 0.15) is 6.29 Å². The number of fused-ring (bicyclic) bond motifs is 1. The molecule has 0 saturated heterocycles. The molecule has 2 heterocycles. The summed E-state index contributed by atoms with van der Waals surface area (Å²) in [4.78, 5) is 10.2. The minimum absolute atomic E-state index is 0.474. The molecule has 0 unspecified atom stereocenters. The molecule has 12 heavy (non-hydrogen) atoms. The molecular formula is C9H8N2O. The maximum Gasteiger partial charge on any atom is 0.124 e. The Bertz CT molecular complexity index is 406. The highest BCUT2D eigenvalue weighted by molar-refractivity contribution is 5.57. The van der Waals surface area contributed by atoms with E-state index in [0.29, 0.717) is 6.42 Å². The molecule has 60 valence electrons. The van der Waals surface area contributed by atoms with Crippen LogP contribution in [0, 0.1) is 0 Å². The summed E-state index contributed by atoms with van der Waals surface area (Å²) < 4.78 is 1.77. The van der Waals surface area contributed by atoms with Crippen LogP contribution in [-0.2, 0) is 11.2 Å². The molecule has 0 fully saturated rings. The third-order valence-corrected chi connectivity index (χ3v) is 1.78. The van der Waals surface area contributed by atoms with Gasteiger partial charge in [-0.25, -0.2) is 4.52 Å². The van der Waals surface area contributed by atoms with Crippen LogP contribution in [0.15, 0.2) is 30.6 Å². The molecule has 2 rings (SSSR count). The van der Waals surface area contributed by atoms with Crippen molar-refractivity contribution in [2.24, 2.45) is 0 Å². The van der Waals surface area contributed by atoms with Crippen LogP contribution in [0.3, 0.4) is 0 Å². The van der Waals surface area contributed by atoms with E-state index < -0.39 is 0 Å². The van der Waals surface area contributed by atoms with Crippen LogP contribution in [0.5, 0.6) is 0 Å². The first-order valence-electron chi connectivity index (χ1n) is 3.76. The SMILES string of the molecule is O=CCc1ccn2nccc2c1. The predicted octanol–water partition coefficient (Wildman–Crippen LogP) is 1.08. The van der Waals surface area contributed by atoms with Crippen molar-refractivity contribution in [3.63, 3.8) is 0 Å². The molecular weight excluding hydrogens is 152 g/mol. The second-order valence-corrected chi connectivity index (χ2v) is 2.61. The molecule has 0 N–H and O–H groups in total. The lowest BCUT2D eigenvalue weighted by Crippen LogP contribution is -1.90. The Morgan fingerprint density at radius 3 is 3.25 bits per heavy atom. The molecule has 0 aliphatic rings. The topological polar surface area (TPSA) is 34.4 Å². The normalized spacial score (nSPS) is 10.3. The average Bonchev–Trinajstić information content (AvgIpc) is 2.51. The van der Waals surface area contributed by atoms with Crippen LogP contribution in [0.1, 0.15) is 5.56 Å². The van der Waals surface area contributed by atoms with Gasteiger partial charge >= 0.3 is 0 Å². The fourth-order valence-electron chi connectivity index (χ4n) is 1.19. The van der Waals surface area contributed by atoms with Crippen molar-refractivity contribution in [3.05, 3.63) is 36.2 Å². The van der Waals surface area contributed by atoms with Crippen LogP contribution >= 0.6 is 0 Å². The monoisotopic (exact) mass is 160 g/mol. The molecule has 0 aromatic carbocycles. The standard InChI is InChI=1S/C9H8N2O/c12-6-3-8-2-5-11-9(7-8)1-4-10-11/h1-2,4-7H,3H2. The summed E-state index contributed by atoms with van der Waals surface area (Å²) in [6.45, 7) is 0. The van der Waals surface area contributed by atoms with Gasteiger partial charge in [0.2, 0.25) is 0 Å². The van der Waals surface area contributed by atoms with E-state index in [-0.39, 0.29) is 0 Å². The van der Waals surface area contributed by atoms with Crippen molar-refractivity contribution in [2.45, 2.75) is 6.42 Å². The molecule has 3 heteroatoms. The molecule has 0 amide bonds. The highest BCUT2D eigenvalue weighted by Gasteiger charge is 1.94. The second kappa shape index (κ2) is 2.77. The van der Waals surface area contributed by atoms with Gasteiger partial charge < -0.3 is 4.79 Å². The number of hydrogen-bond donors (Lipinski definition) is 0. The van der Waals surface area contributed by atoms with E-state index in [2.05, 4.69) is 5.10 Å². The van der Waals surface area contributed by atoms with Crippen molar-refractivity contribution >= 4 is 11.8 Å². The van der Waals surface area contributed by atoms with Crippen molar-refractivity contribution in [2.75, 3.05) is 0 Å². The van der Waals surface area contributed by atoms with Crippen LogP contribution in [-0.4, -0.2) is 15.9 Å². The van der Waals surface area contributed by atoms with Gasteiger partial charge in [-0.2, -0.15) is 5.10 Å². The van der Waals surface area contributed by atoms with E-state index in [9.17, 15) is 4.79 Å². The largest absolute Gasteiger partial charge is 0.303 e. The van der Waals surface area contributed by atoms with Crippen LogP contribution in [0.4, 0.5) is 0 Å². The Balaban J connectivity index is 2.52. The van der Waals surface area contributed by atoms with Gasteiger partial charge in [0.25, 0.3) is 0 Å². The third kappa shape index (κ3) is 1.09. The van der Waals surface area contributed by atoms with Crippen LogP contribution in [0.2, 0.25) is 0 Å². The molecule has 2 aromatic heterocycles. The summed E-state index contributed by atoms with van der Waals surface area (Å²) in [6, 6.07) is 5.77. The molecule has 2 aromatic rings. The van der Waals surface area contributed by atoms with E-state index in [4.69, 9.17) is 0 Å². The maximum atomic E-state index is 10.2. The lowest BCUT2D eigenvalue weighted by atomic mass is 10.2. The number of carbonyl (C=O) groups excluding carboxylic acids is 1. The van der Waals surface area contributed by atoms with Gasteiger partial charge in [0.05, 0.1) is 5.52 Å². The molecule has 0 atom stereocenters. The first kappa shape index (κ1) is 7.03. The number of pyridine rings is 1. The van der Waals surface area contributed by atoms with Gasteiger partial charge in [-0.15, -0.1) is 0 Å². The van der Waals surface area contributed by atoms with Crippen LogP contribution < -0.4 is 0 Å². The van der Waals surface area contributed by atoms with E-state index >= 15 is 0 Å². The molecule has 0 aliphatic heterocycles. The summed E-state index contributed by atoms with van der Waals surface area (Å²) in [5.41, 5.74) is 2.05. The Kier molecular flexibility index (Phi) is 1.63. The fraction of sp³-hybridized carbons (Fsp3) is 0.111. The zero-order chi connectivity index (χ0) is 8.39. The number of aldehydes is 1. The predicted molar refractivity (Wildman–Crippen MR) is 45.0 cm³/mol. The van der Waals surface area contributed by atoms with Gasteiger partial charge in [0, 0.05) is 18.8 Å². The maximum absolute atomic E-state index is 10.2. The van der Waals surface area contributed by atoms with Crippen molar-refractivity contribution in [1.29, 1.82) is 0 Å². The first-order valence-corrected chi connectivity index (χ1v) is 3.76. The summed E-state index contributed by atoms with van der Waals surface area (Å²) >= 11 is 0. The van der Waals surface area contributed by atoms with E-state index in [0.717, 1.165) is 17.4 Å². The van der Waals surface area contributed by atoms with Crippen LogP contribution in [0.25, 0.3) is 5.52 Å². The zero-order valence-electron chi connectivity index (χ0n) is 6.47. The van der Waals surface area contributed by atoms with Gasteiger partial charge in [-0.1, -0.05) is 0 Å². The third-order valence-electron chi connectivity index (χ3n) is 1.78. The van der Waals surface area contributed by atoms with Gasteiger partial charge in [-0.3, -0.25) is 0 Å². The van der Waals surface area contributed by atoms with E-state index in [1.165, 1.54) is 0 Å². The Hall–Kier alpha value is -1.64. The Morgan fingerprint density at radius 1 is 1.50 bits per heavy atom. The molecule has 0 spiro atoms. The van der Waals surface area contributed by atoms with E-state index in [1.54, 1.807) is 10.7 Å². The number of aromatic nitrogens is 2. The van der Waals surface area contributed by atoms with Gasteiger partial charge in [0.15, 0.2) is 0 Å². The quantitative estimate of drug-likeness (QED) is 0.616. The highest BCUT2D eigenvalue weighted by atomic mass is 16.1. The minimum Gasteiger partial charge on any atom is -0.303 e. The van der Waals surface area contributed by atoms with Gasteiger partial charge in [-0.05, 0) is 23.8 Å². The summed E-state index contributed by atoms with van der Waals surface area (Å²) in [7, 11) is 0. The molecule has 0 saturated carbocycles. The van der Waals surface area contributed by atoms with Crippen molar-refractivity contribution < 1.29 is 4.79 Å². The second-order valence-electron chi connectivity index (χ2n) is 2.61. The molecule has 0 radical (unpaired) electrons. The molecule has 3 nitrogen and oxygen atoms in total. The molecule has 0 bridgehead atoms. The lowest BCUT2D eigenvalue weighted by molar-refractivity contribution is -0.107. The number of nitrogens with zero attached hydrogens (tertiary/aromatic N) is 2.